The minimum atomic E-state index is -0.575. The Morgan fingerprint density at radius 3 is 2.07 bits per heavy atom. The van der Waals surface area contributed by atoms with Crippen LogP contribution in [-0.2, 0) is 14.3 Å². The molecule has 0 saturated heterocycles. The highest BCUT2D eigenvalue weighted by atomic mass is 16.6. The van der Waals surface area contributed by atoms with Gasteiger partial charge < -0.3 is 30.2 Å². The fraction of sp³-hybridized carbons (Fsp3) is 0.571. The van der Waals surface area contributed by atoms with E-state index in [2.05, 4.69) is 16.0 Å². The molecule has 9 heteroatoms. The minimum absolute atomic E-state index is 0.118. The molecule has 0 spiro atoms. The van der Waals surface area contributed by atoms with E-state index in [9.17, 15) is 14.4 Å². The minimum Gasteiger partial charge on any atom is -0.490 e. The quantitative estimate of drug-likeness (QED) is 0.443. The van der Waals surface area contributed by atoms with Gasteiger partial charge in [-0.1, -0.05) is 12.1 Å². The summed E-state index contributed by atoms with van der Waals surface area (Å²) in [6, 6.07) is 7.16. The molecule has 1 aromatic rings. The van der Waals surface area contributed by atoms with Crippen LogP contribution in [0.1, 0.15) is 40.5 Å². The Hall–Kier alpha value is -2.97. The second-order valence-corrected chi connectivity index (χ2v) is 7.40. The van der Waals surface area contributed by atoms with Crippen molar-refractivity contribution < 1.29 is 28.6 Å². The van der Waals surface area contributed by atoms with Crippen LogP contribution in [-0.4, -0.2) is 56.4 Å². The predicted octanol–water partition coefficient (Wildman–Crippen LogP) is 2.00. The summed E-state index contributed by atoms with van der Waals surface area (Å²) in [4.78, 5) is 35.1. The van der Waals surface area contributed by atoms with E-state index in [1.54, 1.807) is 32.9 Å². The average Bonchev–Trinajstić information content (AvgIpc) is 2.66. The van der Waals surface area contributed by atoms with Crippen molar-refractivity contribution >= 4 is 17.9 Å². The van der Waals surface area contributed by atoms with E-state index in [0.29, 0.717) is 37.6 Å². The third-order valence-corrected chi connectivity index (χ3v) is 3.53. The highest BCUT2D eigenvalue weighted by molar-refractivity contribution is 5.78. The Morgan fingerprint density at radius 1 is 0.867 bits per heavy atom. The summed E-state index contributed by atoms with van der Waals surface area (Å²) >= 11 is 0. The molecular formula is C21H33N3O6. The number of hydrogen-bond donors (Lipinski definition) is 3. The Kier molecular flexibility index (Phi) is 11.1. The molecule has 0 atom stereocenters. The molecule has 1 rings (SSSR count). The number of benzene rings is 1. The lowest BCUT2D eigenvalue weighted by Gasteiger charge is -2.19. The molecule has 0 heterocycles. The van der Waals surface area contributed by atoms with Gasteiger partial charge in [0.05, 0.1) is 6.61 Å². The van der Waals surface area contributed by atoms with Crippen LogP contribution in [0.15, 0.2) is 24.3 Å². The third kappa shape index (κ3) is 11.8. The van der Waals surface area contributed by atoms with Gasteiger partial charge in [0.1, 0.15) is 5.60 Å². The van der Waals surface area contributed by atoms with Gasteiger partial charge in [0.15, 0.2) is 18.1 Å². The van der Waals surface area contributed by atoms with E-state index in [1.807, 2.05) is 19.1 Å². The van der Waals surface area contributed by atoms with Crippen LogP contribution in [0, 0.1) is 0 Å². The molecule has 3 amide bonds. The van der Waals surface area contributed by atoms with Gasteiger partial charge >= 0.3 is 6.09 Å². The molecule has 0 bridgehead atoms. The van der Waals surface area contributed by atoms with Crippen molar-refractivity contribution in [2.75, 3.05) is 32.8 Å². The van der Waals surface area contributed by atoms with E-state index < -0.39 is 11.7 Å². The Labute approximate surface area is 177 Å². The molecule has 168 valence electrons. The first-order valence-corrected chi connectivity index (χ1v) is 10.1. The predicted molar refractivity (Wildman–Crippen MR) is 113 cm³/mol. The highest BCUT2D eigenvalue weighted by Crippen LogP contribution is 2.26. The zero-order valence-electron chi connectivity index (χ0n) is 18.2. The van der Waals surface area contributed by atoms with Crippen LogP contribution < -0.4 is 25.4 Å². The largest absolute Gasteiger partial charge is 0.490 e. The van der Waals surface area contributed by atoms with E-state index in [4.69, 9.17) is 14.2 Å². The Bertz CT molecular complexity index is 688. The van der Waals surface area contributed by atoms with Crippen molar-refractivity contribution in [2.24, 2.45) is 0 Å². The van der Waals surface area contributed by atoms with Crippen LogP contribution >= 0.6 is 0 Å². The molecule has 0 aliphatic carbocycles. The lowest BCUT2D eigenvalue weighted by molar-refractivity contribution is -0.123. The number of carbonyl (C=O) groups is 3. The van der Waals surface area contributed by atoms with Crippen molar-refractivity contribution in [1.82, 2.24) is 16.0 Å². The fourth-order valence-electron chi connectivity index (χ4n) is 2.26. The van der Waals surface area contributed by atoms with Crippen molar-refractivity contribution in [3.63, 3.8) is 0 Å². The van der Waals surface area contributed by atoms with Crippen LogP contribution in [0.3, 0.4) is 0 Å². The Balaban J connectivity index is 2.10. The van der Waals surface area contributed by atoms with Gasteiger partial charge in [0.2, 0.25) is 5.91 Å². The summed E-state index contributed by atoms with van der Waals surface area (Å²) < 4.78 is 16.0. The number of hydrogen-bond acceptors (Lipinski definition) is 6. The Morgan fingerprint density at radius 2 is 1.47 bits per heavy atom. The topological polar surface area (TPSA) is 115 Å². The molecule has 0 radical (unpaired) electrons. The van der Waals surface area contributed by atoms with Crippen LogP contribution in [0.2, 0.25) is 0 Å². The zero-order valence-corrected chi connectivity index (χ0v) is 18.2. The van der Waals surface area contributed by atoms with Crippen LogP contribution in [0.25, 0.3) is 0 Å². The van der Waals surface area contributed by atoms with Gasteiger partial charge in [0, 0.05) is 26.1 Å². The van der Waals surface area contributed by atoms with Crippen molar-refractivity contribution in [1.29, 1.82) is 0 Å². The molecule has 0 fully saturated rings. The summed E-state index contributed by atoms with van der Waals surface area (Å²) in [7, 11) is 0. The van der Waals surface area contributed by atoms with Crippen LogP contribution in [0.4, 0.5) is 4.79 Å². The first-order valence-electron chi connectivity index (χ1n) is 10.1. The zero-order chi connectivity index (χ0) is 22.4. The number of ether oxygens (including phenoxy) is 3. The number of para-hydroxylation sites is 2. The number of rotatable bonds is 12. The number of amides is 3. The van der Waals surface area contributed by atoms with Crippen LogP contribution in [0.5, 0.6) is 11.5 Å². The summed E-state index contributed by atoms with van der Waals surface area (Å²) in [5.74, 6) is 0.667. The number of alkyl carbamates (subject to hydrolysis) is 1. The van der Waals surface area contributed by atoms with E-state index in [-0.39, 0.29) is 31.4 Å². The standard InChI is InChI=1S/C21H33N3O6/c1-5-28-16-9-6-7-10-17(16)29-15-19(26)23-13-8-12-22-18(25)11-14-24-20(27)30-21(2,3)4/h6-7,9-10H,5,8,11-15H2,1-4H3,(H,22,25)(H,23,26)(H,24,27). The second kappa shape index (κ2) is 13.3. The molecule has 0 aliphatic heterocycles. The SMILES string of the molecule is CCOc1ccccc1OCC(=O)NCCCNC(=O)CCNC(=O)OC(C)(C)C. The normalized spacial score (nSPS) is 10.7. The molecule has 0 unspecified atom stereocenters. The lowest BCUT2D eigenvalue weighted by atomic mass is 10.2. The second-order valence-electron chi connectivity index (χ2n) is 7.40. The number of carbonyl (C=O) groups excluding carboxylic acids is 3. The van der Waals surface area contributed by atoms with Gasteiger partial charge in [0.25, 0.3) is 5.91 Å². The third-order valence-electron chi connectivity index (χ3n) is 3.53. The van der Waals surface area contributed by atoms with E-state index >= 15 is 0 Å². The summed E-state index contributed by atoms with van der Waals surface area (Å²) in [6.45, 7) is 8.59. The molecule has 3 N–H and O–H groups in total. The van der Waals surface area contributed by atoms with E-state index in [1.165, 1.54) is 0 Å². The average molecular weight is 424 g/mol. The van der Waals surface area contributed by atoms with Gasteiger partial charge in [-0.25, -0.2) is 4.79 Å². The molecule has 0 saturated carbocycles. The highest BCUT2D eigenvalue weighted by Gasteiger charge is 2.15. The molecule has 30 heavy (non-hydrogen) atoms. The summed E-state index contributed by atoms with van der Waals surface area (Å²) in [5, 5.41) is 7.98. The molecular weight excluding hydrogens is 390 g/mol. The first-order chi connectivity index (χ1) is 14.2. The molecule has 9 nitrogen and oxygen atoms in total. The smallest absolute Gasteiger partial charge is 0.407 e. The first kappa shape index (κ1) is 25.1. The fourth-order valence-corrected chi connectivity index (χ4v) is 2.26. The molecule has 1 aromatic carbocycles. The molecule has 0 aliphatic rings. The summed E-state index contributed by atoms with van der Waals surface area (Å²) in [6.07, 6.45) is 0.176. The van der Waals surface area contributed by atoms with Crippen molar-refractivity contribution in [3.8, 4) is 11.5 Å². The van der Waals surface area contributed by atoms with Gasteiger partial charge in [-0.15, -0.1) is 0 Å². The summed E-state index contributed by atoms with van der Waals surface area (Å²) in [5.41, 5.74) is -0.575. The maximum absolute atomic E-state index is 11.9. The monoisotopic (exact) mass is 423 g/mol. The van der Waals surface area contributed by atoms with Gasteiger partial charge in [-0.3, -0.25) is 9.59 Å². The number of nitrogens with one attached hydrogen (secondary N) is 3. The maximum Gasteiger partial charge on any atom is 0.407 e. The lowest BCUT2D eigenvalue weighted by Crippen LogP contribution is -2.36. The van der Waals surface area contributed by atoms with Crippen molar-refractivity contribution in [2.45, 2.75) is 46.1 Å². The van der Waals surface area contributed by atoms with Crippen molar-refractivity contribution in [3.05, 3.63) is 24.3 Å². The van der Waals surface area contributed by atoms with Gasteiger partial charge in [-0.05, 0) is 46.2 Å². The molecule has 0 aromatic heterocycles. The van der Waals surface area contributed by atoms with Gasteiger partial charge in [-0.2, -0.15) is 0 Å². The van der Waals surface area contributed by atoms with E-state index in [0.717, 1.165) is 0 Å². The maximum atomic E-state index is 11.9.